The summed E-state index contributed by atoms with van der Waals surface area (Å²) in [5.41, 5.74) is 3.28. The lowest BCUT2D eigenvalue weighted by molar-refractivity contribution is 0.122. The molecular weight excluding hydrogens is 440 g/mol. The molecule has 31 heavy (non-hydrogen) atoms. The van der Waals surface area contributed by atoms with E-state index >= 15 is 0 Å². The molecule has 1 fully saturated rings. The molecule has 2 aromatic heterocycles. The lowest BCUT2D eigenvalue weighted by atomic mass is 10.1. The Balaban J connectivity index is 1.60. The number of ether oxygens (including phenoxy) is 2. The van der Waals surface area contributed by atoms with E-state index in [1.807, 2.05) is 25.1 Å². The topological polar surface area (TPSA) is 47.5 Å². The van der Waals surface area contributed by atoms with Crippen LogP contribution in [0.4, 0.5) is 10.2 Å². The highest BCUT2D eigenvalue weighted by atomic mass is 35.5. The summed E-state index contributed by atoms with van der Waals surface area (Å²) in [5, 5.41) is 0.455. The fraction of sp³-hybridized carbons (Fsp3) is 0.304. The average molecular weight is 462 g/mol. The van der Waals surface area contributed by atoms with Crippen molar-refractivity contribution in [2.45, 2.75) is 13.3 Å². The molecule has 0 atom stereocenters. The van der Waals surface area contributed by atoms with Crippen molar-refractivity contribution in [2.75, 3.05) is 37.8 Å². The summed E-state index contributed by atoms with van der Waals surface area (Å²) in [6.45, 7) is 5.10. The fourth-order valence-electron chi connectivity index (χ4n) is 3.54. The average Bonchev–Trinajstić information content (AvgIpc) is 2.80. The molecule has 0 bridgehead atoms. The number of hydrogen-bond donors (Lipinski definition) is 0. The maximum Gasteiger partial charge on any atom is 0.142 e. The molecule has 3 aromatic rings. The molecule has 0 amide bonds. The third-order valence-electron chi connectivity index (χ3n) is 5.20. The van der Waals surface area contributed by atoms with Gasteiger partial charge in [-0.15, -0.1) is 0 Å². The van der Waals surface area contributed by atoms with Gasteiger partial charge in [-0.25, -0.2) is 9.37 Å². The predicted octanol–water partition coefficient (Wildman–Crippen LogP) is 5.36. The number of pyridine rings is 2. The third-order valence-corrected chi connectivity index (χ3v) is 5.96. The summed E-state index contributed by atoms with van der Waals surface area (Å²) in [4.78, 5) is 11.2. The molecule has 0 N–H and O–H groups in total. The Labute approximate surface area is 190 Å². The minimum absolute atomic E-state index is 0.0334. The normalized spacial score (nSPS) is 14.0. The molecule has 162 valence electrons. The van der Waals surface area contributed by atoms with Crippen LogP contribution in [0, 0.1) is 12.7 Å². The van der Waals surface area contributed by atoms with Gasteiger partial charge < -0.3 is 14.4 Å². The Bertz CT molecular complexity index is 1060. The van der Waals surface area contributed by atoms with Gasteiger partial charge in [0.1, 0.15) is 17.4 Å². The Morgan fingerprint density at radius 1 is 1.13 bits per heavy atom. The van der Waals surface area contributed by atoms with Crippen LogP contribution in [0.2, 0.25) is 10.0 Å². The van der Waals surface area contributed by atoms with Gasteiger partial charge in [0.15, 0.2) is 0 Å². The van der Waals surface area contributed by atoms with E-state index in [9.17, 15) is 4.39 Å². The number of rotatable bonds is 6. The minimum atomic E-state index is -0.492. The lowest BCUT2D eigenvalue weighted by Crippen LogP contribution is -2.37. The van der Waals surface area contributed by atoms with Crippen LogP contribution in [0.1, 0.15) is 11.3 Å². The standard InChI is InChI=1S/C23H22Cl2FN3O2/c1-15-21(31-11-6-17-19(24)2-3-20(26)22(17)25)14-18(16-4-7-27-8-5-16)23(28-15)29-9-12-30-13-10-29/h2-5,7-8,14H,6,9-13H2,1H3. The number of hydrogen-bond acceptors (Lipinski definition) is 5. The van der Waals surface area contributed by atoms with Crippen molar-refractivity contribution in [3.8, 4) is 16.9 Å². The second-order valence-electron chi connectivity index (χ2n) is 7.20. The summed E-state index contributed by atoms with van der Waals surface area (Å²) in [7, 11) is 0. The van der Waals surface area contributed by atoms with E-state index in [4.69, 9.17) is 37.7 Å². The van der Waals surface area contributed by atoms with Crippen molar-refractivity contribution in [3.63, 3.8) is 0 Å². The fourth-order valence-corrected chi connectivity index (χ4v) is 4.10. The number of morpholine rings is 1. The number of anilines is 1. The molecular formula is C23H22Cl2FN3O2. The summed E-state index contributed by atoms with van der Waals surface area (Å²) < 4.78 is 25.3. The van der Waals surface area contributed by atoms with Gasteiger partial charge in [0.05, 0.1) is 30.5 Å². The molecule has 0 saturated carbocycles. The zero-order chi connectivity index (χ0) is 21.8. The number of benzene rings is 1. The van der Waals surface area contributed by atoms with Crippen LogP contribution in [-0.2, 0) is 11.2 Å². The maximum atomic E-state index is 13.8. The van der Waals surface area contributed by atoms with Gasteiger partial charge in [-0.3, -0.25) is 4.98 Å². The van der Waals surface area contributed by atoms with Gasteiger partial charge in [-0.1, -0.05) is 23.2 Å². The summed E-state index contributed by atoms with van der Waals surface area (Å²) in [6.07, 6.45) is 3.89. The predicted molar refractivity (Wildman–Crippen MR) is 121 cm³/mol. The van der Waals surface area contributed by atoms with Crippen LogP contribution in [0.15, 0.2) is 42.7 Å². The van der Waals surface area contributed by atoms with Gasteiger partial charge in [-0.05, 0) is 48.4 Å². The van der Waals surface area contributed by atoms with Gasteiger partial charge in [-0.2, -0.15) is 0 Å². The highest BCUT2D eigenvalue weighted by Crippen LogP contribution is 2.35. The van der Waals surface area contributed by atoms with Crippen molar-refractivity contribution in [1.82, 2.24) is 9.97 Å². The second-order valence-corrected chi connectivity index (χ2v) is 7.98. The van der Waals surface area contributed by atoms with E-state index in [0.717, 1.165) is 35.7 Å². The zero-order valence-electron chi connectivity index (χ0n) is 17.1. The Hall–Kier alpha value is -2.41. The highest BCUT2D eigenvalue weighted by molar-refractivity contribution is 6.36. The van der Waals surface area contributed by atoms with E-state index in [2.05, 4.69) is 9.88 Å². The lowest BCUT2D eigenvalue weighted by Gasteiger charge is -2.30. The van der Waals surface area contributed by atoms with Crippen LogP contribution in [0.3, 0.4) is 0 Å². The van der Waals surface area contributed by atoms with E-state index in [0.29, 0.717) is 36.0 Å². The quantitative estimate of drug-likeness (QED) is 0.462. The number of nitrogens with zero attached hydrogens (tertiary/aromatic N) is 3. The molecule has 1 saturated heterocycles. The molecule has 8 heteroatoms. The number of aromatic nitrogens is 2. The van der Waals surface area contributed by atoms with E-state index in [1.54, 1.807) is 12.4 Å². The second kappa shape index (κ2) is 9.81. The Morgan fingerprint density at radius 2 is 1.87 bits per heavy atom. The first kappa shape index (κ1) is 21.8. The summed E-state index contributed by atoms with van der Waals surface area (Å²) in [6, 6.07) is 8.66. The van der Waals surface area contributed by atoms with Gasteiger partial charge in [0, 0.05) is 42.5 Å². The summed E-state index contributed by atoms with van der Waals surface area (Å²) >= 11 is 12.3. The van der Waals surface area contributed by atoms with Gasteiger partial charge in [0.2, 0.25) is 0 Å². The molecule has 3 heterocycles. The van der Waals surface area contributed by atoms with Crippen molar-refractivity contribution >= 4 is 29.0 Å². The monoisotopic (exact) mass is 461 g/mol. The first-order valence-electron chi connectivity index (χ1n) is 10.0. The Kier molecular flexibility index (Phi) is 6.90. The van der Waals surface area contributed by atoms with Crippen LogP contribution in [0.5, 0.6) is 5.75 Å². The minimum Gasteiger partial charge on any atom is -0.491 e. The summed E-state index contributed by atoms with van der Waals surface area (Å²) in [5.74, 6) is 1.07. The molecule has 0 unspecified atom stereocenters. The van der Waals surface area contributed by atoms with Crippen LogP contribution in [-0.4, -0.2) is 42.9 Å². The molecule has 5 nitrogen and oxygen atoms in total. The highest BCUT2D eigenvalue weighted by Gasteiger charge is 2.20. The number of aryl methyl sites for hydroxylation is 1. The van der Waals surface area contributed by atoms with Crippen molar-refractivity contribution in [1.29, 1.82) is 0 Å². The van der Waals surface area contributed by atoms with Crippen molar-refractivity contribution in [2.24, 2.45) is 0 Å². The van der Waals surface area contributed by atoms with E-state index in [-0.39, 0.29) is 11.6 Å². The zero-order valence-corrected chi connectivity index (χ0v) is 18.6. The maximum absolute atomic E-state index is 13.8. The number of halogens is 3. The Morgan fingerprint density at radius 3 is 2.61 bits per heavy atom. The SMILES string of the molecule is Cc1nc(N2CCOCC2)c(-c2ccncc2)cc1OCCc1c(Cl)ccc(F)c1Cl. The first-order chi connectivity index (χ1) is 15.0. The van der Waals surface area contributed by atoms with Gasteiger partial charge >= 0.3 is 0 Å². The van der Waals surface area contributed by atoms with Crippen LogP contribution in [0.25, 0.3) is 11.1 Å². The molecule has 0 aliphatic carbocycles. The van der Waals surface area contributed by atoms with E-state index in [1.165, 1.54) is 12.1 Å². The molecule has 0 radical (unpaired) electrons. The smallest absolute Gasteiger partial charge is 0.142 e. The molecule has 4 rings (SSSR count). The van der Waals surface area contributed by atoms with Crippen LogP contribution >= 0.6 is 23.2 Å². The first-order valence-corrected chi connectivity index (χ1v) is 10.8. The van der Waals surface area contributed by atoms with Crippen molar-refractivity contribution < 1.29 is 13.9 Å². The van der Waals surface area contributed by atoms with E-state index < -0.39 is 5.82 Å². The molecule has 1 aliphatic rings. The molecule has 1 aromatic carbocycles. The van der Waals surface area contributed by atoms with Crippen LogP contribution < -0.4 is 9.64 Å². The third kappa shape index (κ3) is 4.92. The molecule has 0 spiro atoms. The van der Waals surface area contributed by atoms with Crippen molar-refractivity contribution in [3.05, 3.63) is 69.8 Å². The molecule has 1 aliphatic heterocycles. The van der Waals surface area contributed by atoms with Gasteiger partial charge in [0.25, 0.3) is 0 Å². The largest absolute Gasteiger partial charge is 0.491 e.